The van der Waals surface area contributed by atoms with Gasteiger partial charge in [-0.2, -0.15) is 4.98 Å². The number of hydrogen-bond donors (Lipinski definition) is 1. The first-order valence-corrected chi connectivity index (χ1v) is 7.51. The van der Waals surface area contributed by atoms with E-state index in [-0.39, 0.29) is 4.90 Å². The van der Waals surface area contributed by atoms with E-state index in [9.17, 15) is 8.42 Å². The van der Waals surface area contributed by atoms with Crippen LogP contribution in [0.3, 0.4) is 0 Å². The first kappa shape index (κ1) is 13.4. The topological polar surface area (TPSA) is 68.3 Å². The number of sulfone groups is 1. The monoisotopic (exact) mass is 278 g/mol. The molecule has 0 spiro atoms. The molecule has 2 rings (SSSR count). The molecule has 0 radical (unpaired) electrons. The van der Waals surface area contributed by atoms with Crippen LogP contribution in [0.25, 0.3) is 0 Å². The lowest BCUT2D eigenvalue weighted by atomic mass is 10.3. The zero-order valence-electron chi connectivity index (χ0n) is 10.6. The summed E-state index contributed by atoms with van der Waals surface area (Å²) >= 11 is 0. The first-order chi connectivity index (χ1) is 8.99. The summed E-state index contributed by atoms with van der Waals surface area (Å²) in [5, 5.41) is 2.90. The van der Waals surface area contributed by atoms with E-state index >= 15 is 0 Å². The van der Waals surface area contributed by atoms with Crippen LogP contribution in [0.2, 0.25) is 0 Å². The molecule has 0 fully saturated rings. The first-order valence-electron chi connectivity index (χ1n) is 5.62. The lowest BCUT2D eigenvalue weighted by molar-refractivity contribution is 0.462. The van der Waals surface area contributed by atoms with E-state index in [1.807, 2.05) is 0 Å². The predicted molar refractivity (Wildman–Crippen MR) is 73.4 cm³/mol. The van der Waals surface area contributed by atoms with Gasteiger partial charge >= 0.3 is 0 Å². The molecule has 0 aliphatic carbocycles. The van der Waals surface area contributed by atoms with Gasteiger partial charge in [-0.1, -0.05) is 12.1 Å². The lowest BCUT2D eigenvalue weighted by Gasteiger charge is -2.07. The molecule has 100 valence electrons. The van der Waals surface area contributed by atoms with Gasteiger partial charge in [-0.3, -0.25) is 0 Å². The molecule has 2 aromatic rings. The van der Waals surface area contributed by atoms with Crippen LogP contribution in [0.5, 0.6) is 11.6 Å². The summed E-state index contributed by atoms with van der Waals surface area (Å²) in [4.78, 5) is 4.41. The van der Waals surface area contributed by atoms with Gasteiger partial charge in [0.05, 0.1) is 4.90 Å². The van der Waals surface area contributed by atoms with Crippen molar-refractivity contribution in [2.75, 3.05) is 18.6 Å². The van der Waals surface area contributed by atoms with Crippen molar-refractivity contribution in [3.05, 3.63) is 42.5 Å². The molecule has 0 saturated heterocycles. The Morgan fingerprint density at radius 1 is 1.16 bits per heavy atom. The summed E-state index contributed by atoms with van der Waals surface area (Å²) in [5.41, 5.74) is 0. The molecule has 0 aliphatic heterocycles. The molecule has 0 bridgehead atoms. The van der Waals surface area contributed by atoms with Crippen molar-refractivity contribution in [3.63, 3.8) is 0 Å². The highest BCUT2D eigenvalue weighted by Crippen LogP contribution is 2.23. The maximum atomic E-state index is 11.5. The van der Waals surface area contributed by atoms with E-state index in [1.54, 1.807) is 37.4 Å². The molecule has 0 amide bonds. The predicted octanol–water partition coefficient (Wildman–Crippen LogP) is 2.32. The molecule has 6 heteroatoms. The lowest BCUT2D eigenvalue weighted by Crippen LogP contribution is -1.98. The molecule has 19 heavy (non-hydrogen) atoms. The van der Waals surface area contributed by atoms with Gasteiger partial charge in [-0.05, 0) is 24.3 Å². The Kier molecular flexibility index (Phi) is 3.71. The van der Waals surface area contributed by atoms with E-state index < -0.39 is 9.84 Å². The number of anilines is 1. The summed E-state index contributed by atoms with van der Waals surface area (Å²) in [7, 11) is -1.48. The highest BCUT2D eigenvalue weighted by Gasteiger charge is 2.08. The molecule has 5 nitrogen and oxygen atoms in total. The Hall–Kier alpha value is -2.08. The fraction of sp³-hybridized carbons (Fsp3) is 0.154. The van der Waals surface area contributed by atoms with E-state index in [0.717, 1.165) is 6.26 Å². The van der Waals surface area contributed by atoms with Gasteiger partial charge in [0.25, 0.3) is 0 Å². The normalized spacial score (nSPS) is 11.1. The molecular weight excluding hydrogens is 264 g/mol. The van der Waals surface area contributed by atoms with E-state index in [4.69, 9.17) is 4.74 Å². The van der Waals surface area contributed by atoms with Crippen LogP contribution in [0.1, 0.15) is 0 Å². The summed E-state index contributed by atoms with van der Waals surface area (Å²) < 4.78 is 28.5. The number of ether oxygens (including phenoxy) is 1. The maximum absolute atomic E-state index is 11.5. The van der Waals surface area contributed by atoms with Gasteiger partial charge in [0, 0.05) is 19.4 Å². The molecule has 0 aliphatic rings. The third kappa shape index (κ3) is 3.45. The van der Waals surface area contributed by atoms with E-state index in [0.29, 0.717) is 17.4 Å². The third-order valence-electron chi connectivity index (χ3n) is 2.44. The second kappa shape index (κ2) is 5.27. The molecule has 1 N–H and O–H groups in total. The minimum absolute atomic E-state index is 0.217. The third-order valence-corrected chi connectivity index (χ3v) is 3.55. The van der Waals surface area contributed by atoms with Crippen LogP contribution in [-0.4, -0.2) is 26.7 Å². The Balaban J connectivity index is 2.28. The zero-order valence-corrected chi connectivity index (χ0v) is 11.4. The number of benzene rings is 1. The molecule has 1 aromatic carbocycles. The zero-order chi connectivity index (χ0) is 13.9. The molecular formula is C13H14N2O3S. The minimum Gasteiger partial charge on any atom is -0.439 e. The van der Waals surface area contributed by atoms with Crippen molar-refractivity contribution < 1.29 is 13.2 Å². The van der Waals surface area contributed by atoms with E-state index in [1.165, 1.54) is 12.1 Å². The summed E-state index contributed by atoms with van der Waals surface area (Å²) in [5.74, 6) is 1.51. The Bertz CT molecular complexity index is 684. The quantitative estimate of drug-likeness (QED) is 0.929. The fourth-order valence-electron chi connectivity index (χ4n) is 1.50. The van der Waals surface area contributed by atoms with Crippen LogP contribution < -0.4 is 10.1 Å². The second-order valence-electron chi connectivity index (χ2n) is 3.96. The van der Waals surface area contributed by atoms with Crippen molar-refractivity contribution in [2.24, 2.45) is 0 Å². The van der Waals surface area contributed by atoms with Crippen LogP contribution in [0, 0.1) is 0 Å². The molecule has 1 heterocycles. The van der Waals surface area contributed by atoms with Crippen LogP contribution in [0.15, 0.2) is 47.4 Å². The van der Waals surface area contributed by atoms with Crippen molar-refractivity contribution in [1.82, 2.24) is 4.98 Å². The SMILES string of the molecule is CNc1cccc(Oc2cccc(S(C)(=O)=O)c2)n1. The van der Waals surface area contributed by atoms with E-state index in [2.05, 4.69) is 10.3 Å². The standard InChI is InChI=1S/C13H14N2O3S/c1-14-12-7-4-8-13(15-12)18-10-5-3-6-11(9-10)19(2,16)17/h3-9H,1-2H3,(H,14,15). The smallest absolute Gasteiger partial charge is 0.221 e. The van der Waals surface area contributed by atoms with Crippen LogP contribution in [0.4, 0.5) is 5.82 Å². The highest BCUT2D eigenvalue weighted by molar-refractivity contribution is 7.90. The summed E-state index contributed by atoms with van der Waals surface area (Å²) in [6.45, 7) is 0. The molecule has 0 atom stereocenters. The number of nitrogens with zero attached hydrogens (tertiary/aromatic N) is 1. The Morgan fingerprint density at radius 2 is 1.89 bits per heavy atom. The fourth-order valence-corrected chi connectivity index (χ4v) is 2.16. The number of hydrogen-bond acceptors (Lipinski definition) is 5. The Morgan fingerprint density at radius 3 is 2.58 bits per heavy atom. The largest absolute Gasteiger partial charge is 0.439 e. The highest BCUT2D eigenvalue weighted by atomic mass is 32.2. The van der Waals surface area contributed by atoms with Crippen LogP contribution in [-0.2, 0) is 9.84 Å². The van der Waals surface area contributed by atoms with Crippen molar-refractivity contribution in [2.45, 2.75) is 4.90 Å². The number of pyridine rings is 1. The second-order valence-corrected chi connectivity index (χ2v) is 5.98. The maximum Gasteiger partial charge on any atom is 0.221 e. The van der Waals surface area contributed by atoms with Gasteiger partial charge in [-0.15, -0.1) is 0 Å². The minimum atomic E-state index is -3.24. The van der Waals surface area contributed by atoms with Gasteiger partial charge in [0.15, 0.2) is 9.84 Å². The van der Waals surface area contributed by atoms with Crippen molar-refractivity contribution in [1.29, 1.82) is 0 Å². The molecule has 0 unspecified atom stereocenters. The summed E-state index contributed by atoms with van der Waals surface area (Å²) in [6.07, 6.45) is 1.16. The average Bonchev–Trinajstić information content (AvgIpc) is 2.38. The molecule has 1 aromatic heterocycles. The van der Waals surface area contributed by atoms with Gasteiger partial charge in [-0.25, -0.2) is 8.42 Å². The van der Waals surface area contributed by atoms with Gasteiger partial charge < -0.3 is 10.1 Å². The average molecular weight is 278 g/mol. The Labute approximate surface area is 112 Å². The van der Waals surface area contributed by atoms with Gasteiger partial charge in [0.2, 0.25) is 5.88 Å². The molecule has 0 saturated carbocycles. The van der Waals surface area contributed by atoms with Crippen molar-refractivity contribution >= 4 is 15.7 Å². The number of aromatic nitrogens is 1. The van der Waals surface area contributed by atoms with Crippen LogP contribution >= 0.6 is 0 Å². The van der Waals surface area contributed by atoms with Gasteiger partial charge in [0.1, 0.15) is 11.6 Å². The number of rotatable bonds is 4. The summed E-state index contributed by atoms with van der Waals surface area (Å²) in [6, 6.07) is 11.6. The van der Waals surface area contributed by atoms with Crippen molar-refractivity contribution in [3.8, 4) is 11.6 Å². The number of nitrogens with one attached hydrogen (secondary N) is 1.